The van der Waals surface area contributed by atoms with Gasteiger partial charge in [-0.3, -0.25) is 5.41 Å². The minimum Gasteiger partial charge on any atom is -0.488 e. The normalized spacial score (nSPS) is 12.2. The van der Waals surface area contributed by atoms with Crippen molar-refractivity contribution < 1.29 is 4.74 Å². The lowest BCUT2D eigenvalue weighted by molar-refractivity contribution is 0.204. The van der Waals surface area contributed by atoms with Crippen LogP contribution in [0.2, 0.25) is 5.02 Å². The first-order chi connectivity index (χ1) is 7.52. The van der Waals surface area contributed by atoms with E-state index < -0.39 is 0 Å². The van der Waals surface area contributed by atoms with Gasteiger partial charge in [0.25, 0.3) is 0 Å². The van der Waals surface area contributed by atoms with Crippen LogP contribution in [0.4, 0.5) is 0 Å². The van der Waals surface area contributed by atoms with Gasteiger partial charge in [0, 0.05) is 10.9 Å². The SMILES string of the molecule is CCC(CC(=N)N)Oc1ccc(Br)cc1Cl. The van der Waals surface area contributed by atoms with Crippen LogP contribution in [0.5, 0.6) is 5.75 Å². The Morgan fingerprint density at radius 2 is 2.31 bits per heavy atom. The van der Waals surface area contributed by atoms with Crippen LogP contribution < -0.4 is 10.5 Å². The topological polar surface area (TPSA) is 59.1 Å². The van der Waals surface area contributed by atoms with Crippen molar-refractivity contribution >= 4 is 33.4 Å². The van der Waals surface area contributed by atoms with Crippen LogP contribution in [-0.4, -0.2) is 11.9 Å². The zero-order chi connectivity index (χ0) is 12.1. The molecule has 0 saturated carbocycles. The van der Waals surface area contributed by atoms with Crippen molar-refractivity contribution in [1.29, 1.82) is 5.41 Å². The van der Waals surface area contributed by atoms with Gasteiger partial charge < -0.3 is 10.5 Å². The summed E-state index contributed by atoms with van der Waals surface area (Å²) < 4.78 is 6.59. The number of hydrogen-bond acceptors (Lipinski definition) is 2. The Morgan fingerprint density at radius 1 is 1.62 bits per heavy atom. The van der Waals surface area contributed by atoms with Crippen molar-refractivity contribution in [1.82, 2.24) is 0 Å². The molecule has 0 fully saturated rings. The third kappa shape index (κ3) is 4.02. The van der Waals surface area contributed by atoms with Gasteiger partial charge in [-0.1, -0.05) is 34.5 Å². The number of rotatable bonds is 5. The maximum absolute atomic E-state index is 7.24. The lowest BCUT2D eigenvalue weighted by Crippen LogP contribution is -2.24. The lowest BCUT2D eigenvalue weighted by Gasteiger charge is -2.17. The Kier molecular flexibility index (Phi) is 5.09. The molecule has 1 aromatic carbocycles. The van der Waals surface area contributed by atoms with Crippen molar-refractivity contribution in [2.45, 2.75) is 25.9 Å². The average Bonchev–Trinajstić information content (AvgIpc) is 2.20. The lowest BCUT2D eigenvalue weighted by atomic mass is 10.2. The molecule has 0 spiro atoms. The second-order valence-electron chi connectivity index (χ2n) is 3.45. The maximum atomic E-state index is 7.24. The number of ether oxygens (including phenoxy) is 1. The van der Waals surface area contributed by atoms with E-state index in [1.54, 1.807) is 12.1 Å². The fourth-order valence-electron chi connectivity index (χ4n) is 1.26. The highest BCUT2D eigenvalue weighted by atomic mass is 79.9. The van der Waals surface area contributed by atoms with Crippen LogP contribution in [0, 0.1) is 5.41 Å². The van der Waals surface area contributed by atoms with Crippen molar-refractivity contribution in [2.75, 3.05) is 0 Å². The third-order valence-corrected chi connectivity index (χ3v) is 2.88. The molecule has 0 saturated heterocycles. The molecule has 1 aromatic rings. The molecule has 0 amide bonds. The Bertz CT molecular complexity index is 384. The van der Waals surface area contributed by atoms with Crippen molar-refractivity contribution in [3.63, 3.8) is 0 Å². The minimum atomic E-state index is -0.101. The Morgan fingerprint density at radius 3 is 2.81 bits per heavy atom. The highest BCUT2D eigenvalue weighted by molar-refractivity contribution is 9.10. The summed E-state index contributed by atoms with van der Waals surface area (Å²) in [4.78, 5) is 0. The predicted octanol–water partition coefficient (Wildman–Crippen LogP) is 3.59. The average molecular weight is 306 g/mol. The molecule has 0 aliphatic rings. The molecule has 1 rings (SSSR count). The molecular formula is C11H14BrClN2O. The fourth-order valence-corrected chi connectivity index (χ4v) is 1.98. The summed E-state index contributed by atoms with van der Waals surface area (Å²) in [6, 6.07) is 5.44. The van der Waals surface area contributed by atoms with Crippen molar-refractivity contribution in [2.24, 2.45) is 5.73 Å². The fraction of sp³-hybridized carbons (Fsp3) is 0.364. The van der Waals surface area contributed by atoms with Crippen LogP contribution in [-0.2, 0) is 0 Å². The smallest absolute Gasteiger partial charge is 0.138 e. The van der Waals surface area contributed by atoms with E-state index in [4.69, 9.17) is 27.5 Å². The summed E-state index contributed by atoms with van der Waals surface area (Å²) in [5.41, 5.74) is 5.35. The predicted molar refractivity (Wildman–Crippen MR) is 70.4 cm³/mol. The van der Waals surface area contributed by atoms with Gasteiger partial charge in [0.1, 0.15) is 11.9 Å². The van der Waals surface area contributed by atoms with E-state index in [-0.39, 0.29) is 11.9 Å². The summed E-state index contributed by atoms with van der Waals surface area (Å²) in [5, 5.41) is 7.79. The molecule has 5 heteroatoms. The zero-order valence-electron chi connectivity index (χ0n) is 8.97. The van der Waals surface area contributed by atoms with E-state index in [1.807, 2.05) is 13.0 Å². The number of amidine groups is 1. The second-order valence-corrected chi connectivity index (χ2v) is 4.78. The Balaban J connectivity index is 2.73. The van der Waals surface area contributed by atoms with Crippen LogP contribution >= 0.6 is 27.5 Å². The molecule has 3 N–H and O–H groups in total. The van der Waals surface area contributed by atoms with Crippen molar-refractivity contribution in [3.05, 3.63) is 27.7 Å². The van der Waals surface area contributed by atoms with E-state index >= 15 is 0 Å². The van der Waals surface area contributed by atoms with E-state index in [0.717, 1.165) is 10.9 Å². The quantitative estimate of drug-likeness (QED) is 0.645. The zero-order valence-corrected chi connectivity index (χ0v) is 11.3. The molecule has 16 heavy (non-hydrogen) atoms. The van der Waals surface area contributed by atoms with E-state index in [1.165, 1.54) is 0 Å². The van der Waals surface area contributed by atoms with Gasteiger partial charge in [-0.05, 0) is 24.6 Å². The van der Waals surface area contributed by atoms with E-state index in [0.29, 0.717) is 17.2 Å². The van der Waals surface area contributed by atoms with Gasteiger partial charge in [-0.2, -0.15) is 0 Å². The summed E-state index contributed by atoms with van der Waals surface area (Å²) in [7, 11) is 0. The molecule has 1 unspecified atom stereocenters. The number of halogens is 2. The molecule has 0 radical (unpaired) electrons. The van der Waals surface area contributed by atoms with Gasteiger partial charge in [0.2, 0.25) is 0 Å². The maximum Gasteiger partial charge on any atom is 0.138 e. The molecule has 0 aliphatic heterocycles. The van der Waals surface area contributed by atoms with Crippen molar-refractivity contribution in [3.8, 4) is 5.75 Å². The summed E-state index contributed by atoms with van der Waals surface area (Å²) >= 11 is 9.35. The molecule has 3 nitrogen and oxygen atoms in total. The van der Waals surface area contributed by atoms with Gasteiger partial charge in [0.15, 0.2) is 0 Å². The molecule has 0 heterocycles. The summed E-state index contributed by atoms with van der Waals surface area (Å²) in [5.74, 6) is 0.748. The third-order valence-electron chi connectivity index (χ3n) is 2.09. The van der Waals surface area contributed by atoms with Crippen LogP contribution in [0.15, 0.2) is 22.7 Å². The minimum absolute atomic E-state index is 0.101. The van der Waals surface area contributed by atoms with E-state index in [2.05, 4.69) is 15.9 Å². The number of hydrogen-bond donors (Lipinski definition) is 2. The molecule has 0 aliphatic carbocycles. The highest BCUT2D eigenvalue weighted by Gasteiger charge is 2.11. The number of nitrogens with two attached hydrogens (primary N) is 1. The van der Waals surface area contributed by atoms with Gasteiger partial charge >= 0.3 is 0 Å². The first-order valence-corrected chi connectivity index (χ1v) is 6.14. The Hall–Kier alpha value is -0.740. The largest absolute Gasteiger partial charge is 0.488 e. The van der Waals surface area contributed by atoms with E-state index in [9.17, 15) is 0 Å². The monoisotopic (exact) mass is 304 g/mol. The number of benzene rings is 1. The molecule has 88 valence electrons. The highest BCUT2D eigenvalue weighted by Crippen LogP contribution is 2.29. The summed E-state index contributed by atoms with van der Waals surface area (Å²) in [6.45, 7) is 1.99. The molecular weight excluding hydrogens is 291 g/mol. The molecule has 0 aromatic heterocycles. The summed E-state index contributed by atoms with van der Waals surface area (Å²) in [6.07, 6.45) is 1.10. The first kappa shape index (κ1) is 13.3. The number of nitrogens with one attached hydrogen (secondary N) is 1. The van der Waals surface area contributed by atoms with Gasteiger partial charge in [-0.15, -0.1) is 0 Å². The van der Waals surface area contributed by atoms with Gasteiger partial charge in [-0.25, -0.2) is 0 Å². The van der Waals surface area contributed by atoms with Crippen LogP contribution in [0.1, 0.15) is 19.8 Å². The molecule has 1 atom stereocenters. The van der Waals surface area contributed by atoms with Crippen LogP contribution in [0.25, 0.3) is 0 Å². The van der Waals surface area contributed by atoms with Crippen LogP contribution in [0.3, 0.4) is 0 Å². The Labute approximate surface area is 109 Å². The standard InChI is InChI=1S/C11H14BrClN2O/c1-2-8(6-11(14)15)16-10-4-3-7(12)5-9(10)13/h3-5,8H,2,6H2,1H3,(H3,14,15). The van der Waals surface area contributed by atoms with Gasteiger partial charge in [0.05, 0.1) is 10.9 Å². The molecule has 0 bridgehead atoms. The first-order valence-electron chi connectivity index (χ1n) is 4.97. The second kappa shape index (κ2) is 6.11.